The number of anilines is 2. The molecular formula is C42H24N8O2S. The van der Waals surface area contributed by atoms with Crippen molar-refractivity contribution in [3.8, 4) is 0 Å². The summed E-state index contributed by atoms with van der Waals surface area (Å²) in [5.41, 5.74) is 6.54. The molecule has 0 saturated heterocycles. The normalized spacial score (nSPS) is 13.6. The Morgan fingerprint density at radius 1 is 0.585 bits per heavy atom. The van der Waals surface area contributed by atoms with Gasteiger partial charge >= 0.3 is 0 Å². The lowest BCUT2D eigenvalue weighted by Gasteiger charge is -2.37. The van der Waals surface area contributed by atoms with Crippen LogP contribution in [0.15, 0.2) is 160 Å². The second-order valence-corrected chi connectivity index (χ2v) is 13.7. The predicted molar refractivity (Wildman–Crippen MR) is 209 cm³/mol. The average Bonchev–Trinajstić information content (AvgIpc) is 3.97. The molecule has 1 aliphatic rings. The number of para-hydroxylation sites is 3. The van der Waals surface area contributed by atoms with Crippen LogP contribution < -0.4 is 10.1 Å². The van der Waals surface area contributed by atoms with E-state index in [2.05, 4.69) is 50.8 Å². The fraction of sp³-hybridized carbons (Fsp3) is 0. The first kappa shape index (κ1) is 29.5. The zero-order valence-corrected chi connectivity index (χ0v) is 28.5. The number of allylic oxidation sites excluding steroid dienone is 1. The molecule has 53 heavy (non-hydrogen) atoms. The Bertz CT molecular complexity index is 3050. The number of hydrazine groups is 1. The van der Waals surface area contributed by atoms with Gasteiger partial charge in [0.25, 0.3) is 0 Å². The third-order valence-corrected chi connectivity index (χ3v) is 10.5. The third-order valence-electron chi connectivity index (χ3n) is 9.44. The van der Waals surface area contributed by atoms with Crippen molar-refractivity contribution in [2.45, 2.75) is 0 Å². The summed E-state index contributed by atoms with van der Waals surface area (Å²) in [4.78, 5) is 5.32. The van der Waals surface area contributed by atoms with Gasteiger partial charge in [-0.15, -0.1) is 31.8 Å². The van der Waals surface area contributed by atoms with Crippen LogP contribution in [0.25, 0.3) is 65.1 Å². The van der Waals surface area contributed by atoms with Gasteiger partial charge in [0, 0.05) is 32.3 Å². The Kier molecular flexibility index (Phi) is 6.48. The highest BCUT2D eigenvalue weighted by Crippen LogP contribution is 2.46. The van der Waals surface area contributed by atoms with Crippen molar-refractivity contribution < 1.29 is 8.94 Å². The van der Waals surface area contributed by atoms with E-state index in [-0.39, 0.29) is 0 Å². The number of thiophene rings is 1. The van der Waals surface area contributed by atoms with Crippen molar-refractivity contribution in [3.63, 3.8) is 0 Å². The molecule has 5 aromatic carbocycles. The molecule has 0 amide bonds. The fourth-order valence-corrected chi connectivity index (χ4v) is 8.05. The molecule has 6 heterocycles. The molecule has 0 N–H and O–H groups in total. The highest BCUT2D eigenvalue weighted by Gasteiger charge is 2.39. The minimum atomic E-state index is 0.495. The van der Waals surface area contributed by atoms with Gasteiger partial charge in [0.15, 0.2) is 5.58 Å². The monoisotopic (exact) mass is 704 g/mol. The molecule has 0 atom stereocenters. The van der Waals surface area contributed by atoms with E-state index >= 15 is 0 Å². The smallest absolute Gasteiger partial charge is 0.237 e. The Morgan fingerprint density at radius 2 is 1.32 bits per heavy atom. The van der Waals surface area contributed by atoms with E-state index in [4.69, 9.17) is 24.2 Å². The summed E-state index contributed by atoms with van der Waals surface area (Å²) >= 11 is 1.64. The Morgan fingerprint density at radius 3 is 2.19 bits per heavy atom. The van der Waals surface area contributed by atoms with Crippen molar-refractivity contribution >= 4 is 93.0 Å². The van der Waals surface area contributed by atoms with Crippen molar-refractivity contribution in [1.29, 1.82) is 0 Å². The number of rotatable bonds is 5. The van der Waals surface area contributed by atoms with Crippen LogP contribution in [0.5, 0.6) is 0 Å². The van der Waals surface area contributed by atoms with Gasteiger partial charge in [-0.05, 0) is 59.1 Å². The molecule has 250 valence electrons. The van der Waals surface area contributed by atoms with Crippen LogP contribution >= 0.6 is 11.3 Å². The lowest BCUT2D eigenvalue weighted by Crippen LogP contribution is -2.43. The number of pyridine rings is 1. The zero-order chi connectivity index (χ0) is 34.9. The Balaban J connectivity index is 1.31. The van der Waals surface area contributed by atoms with Crippen molar-refractivity contribution in [1.82, 2.24) is 25.6 Å². The van der Waals surface area contributed by atoms with Crippen molar-refractivity contribution in [2.75, 3.05) is 10.1 Å². The Labute approximate surface area is 304 Å². The van der Waals surface area contributed by atoms with Gasteiger partial charge in [-0.2, -0.15) is 0 Å². The standard InChI is InChI=1S/C42H24N8O2S/c1-6-16-30-25(11-1)21-22-32(43-30)42-38(39-29-15-5-9-19-34(29)52-47-39)41(40-28-14-4-7-17-31(28)44-48-45-40)46-50(36-23-26-12-2-8-18-33(26)51-36)49(42)37-24-27-13-3-10-20-35(27)53-37/h1-24H. The first-order chi connectivity index (χ1) is 26.3. The topological polar surface area (TPSA) is 110 Å². The van der Waals surface area contributed by atoms with Gasteiger partial charge in [0.2, 0.25) is 5.88 Å². The molecule has 0 spiro atoms. The lowest BCUT2D eigenvalue weighted by molar-refractivity contribution is 0.454. The molecule has 1 aliphatic heterocycles. The van der Waals surface area contributed by atoms with Gasteiger partial charge in [0.1, 0.15) is 33.4 Å². The van der Waals surface area contributed by atoms with E-state index in [0.29, 0.717) is 51.0 Å². The molecular weight excluding hydrogens is 681 g/mol. The zero-order valence-electron chi connectivity index (χ0n) is 27.7. The fourth-order valence-electron chi connectivity index (χ4n) is 6.99. The summed E-state index contributed by atoms with van der Waals surface area (Å²) in [6.45, 7) is 0. The second-order valence-electron chi connectivity index (χ2n) is 12.6. The van der Waals surface area contributed by atoms with E-state index in [0.717, 1.165) is 47.7 Å². The summed E-state index contributed by atoms with van der Waals surface area (Å²) < 4.78 is 13.7. The lowest BCUT2D eigenvalue weighted by atomic mass is 9.94. The largest absolute Gasteiger partial charge is 0.437 e. The molecule has 0 unspecified atom stereocenters. The summed E-state index contributed by atoms with van der Waals surface area (Å²) in [5, 5.41) is 32.9. The average molecular weight is 705 g/mol. The maximum atomic E-state index is 6.61. The highest BCUT2D eigenvalue weighted by molar-refractivity contribution is 7.23. The molecule has 5 aromatic heterocycles. The molecule has 11 rings (SSSR count). The van der Waals surface area contributed by atoms with E-state index in [1.807, 2.05) is 115 Å². The van der Waals surface area contributed by atoms with E-state index in [1.165, 1.54) is 0 Å². The van der Waals surface area contributed by atoms with E-state index in [1.54, 1.807) is 16.5 Å². The first-order valence-electron chi connectivity index (χ1n) is 17.0. The van der Waals surface area contributed by atoms with Crippen LogP contribution in [-0.2, 0) is 0 Å². The van der Waals surface area contributed by atoms with Crippen LogP contribution in [0.3, 0.4) is 0 Å². The Hall–Kier alpha value is -7.24. The van der Waals surface area contributed by atoms with Gasteiger partial charge in [-0.1, -0.05) is 96.2 Å². The SMILES string of the molecule is c1ccc2nc(C3=C(c4noc5ccccc45)C(c4nnnc5ccccc45)=NN(c4cc5ccccc5o4)N3c3cc4ccccc4s3)ccc2c1. The summed E-state index contributed by atoms with van der Waals surface area (Å²) in [7, 11) is 0. The highest BCUT2D eigenvalue weighted by atomic mass is 32.1. The van der Waals surface area contributed by atoms with Crippen LogP contribution in [0.4, 0.5) is 10.9 Å². The third kappa shape index (κ3) is 4.71. The van der Waals surface area contributed by atoms with E-state index < -0.39 is 0 Å². The summed E-state index contributed by atoms with van der Waals surface area (Å²) in [6, 6.07) is 48.2. The molecule has 10 nitrogen and oxygen atoms in total. The molecule has 0 fully saturated rings. The number of aromatic nitrogens is 5. The van der Waals surface area contributed by atoms with Gasteiger partial charge in [0.05, 0.1) is 22.3 Å². The first-order valence-corrected chi connectivity index (χ1v) is 17.8. The molecule has 0 saturated carbocycles. The molecule has 10 aromatic rings. The molecule has 0 aliphatic carbocycles. The maximum absolute atomic E-state index is 6.61. The number of fused-ring (bicyclic) bond motifs is 5. The number of hydrogen-bond donors (Lipinski definition) is 0. The molecule has 0 radical (unpaired) electrons. The summed E-state index contributed by atoms with van der Waals surface area (Å²) in [5.74, 6) is 0.495. The quantitative estimate of drug-likeness (QED) is 0.173. The minimum Gasteiger partial charge on any atom is -0.437 e. The van der Waals surface area contributed by atoms with Crippen molar-refractivity contribution in [2.24, 2.45) is 5.10 Å². The summed E-state index contributed by atoms with van der Waals surface area (Å²) in [6.07, 6.45) is 0. The number of nitrogens with zero attached hydrogens (tertiary/aromatic N) is 8. The van der Waals surface area contributed by atoms with Crippen LogP contribution in [0.2, 0.25) is 0 Å². The van der Waals surface area contributed by atoms with Crippen LogP contribution in [-0.4, -0.2) is 31.3 Å². The van der Waals surface area contributed by atoms with E-state index in [9.17, 15) is 0 Å². The number of furan rings is 1. The van der Waals surface area contributed by atoms with Gasteiger partial charge in [-0.3, -0.25) is 0 Å². The van der Waals surface area contributed by atoms with Crippen LogP contribution in [0, 0.1) is 0 Å². The second kappa shape index (κ2) is 11.7. The predicted octanol–water partition coefficient (Wildman–Crippen LogP) is 9.89. The molecule has 11 heteroatoms. The van der Waals surface area contributed by atoms with Gasteiger partial charge < -0.3 is 8.94 Å². The minimum absolute atomic E-state index is 0.495. The van der Waals surface area contributed by atoms with Crippen molar-refractivity contribution in [3.05, 3.63) is 163 Å². The van der Waals surface area contributed by atoms with Gasteiger partial charge in [-0.25, -0.2) is 9.99 Å². The number of benzene rings is 5. The molecule has 0 bridgehead atoms. The maximum Gasteiger partial charge on any atom is 0.237 e. The number of hydrogen-bond acceptors (Lipinski definition) is 11. The number of hydrazone groups is 1. The van der Waals surface area contributed by atoms with Crippen LogP contribution in [0.1, 0.15) is 17.1 Å².